The molecule has 1 N–H and O–H groups in total. The molecule has 2 fully saturated rings. The molecule has 0 unspecified atom stereocenters. The van der Waals surface area contributed by atoms with E-state index in [9.17, 15) is 19.2 Å². The van der Waals surface area contributed by atoms with Crippen molar-refractivity contribution in [2.45, 2.75) is 32.2 Å². The first-order valence-electron chi connectivity index (χ1n) is 9.93. The molecule has 30 heavy (non-hydrogen) atoms. The van der Waals surface area contributed by atoms with Gasteiger partial charge < -0.3 is 19.5 Å². The number of likely N-dealkylation sites (tertiary alicyclic amines) is 1. The summed E-state index contributed by atoms with van der Waals surface area (Å²) in [6.07, 6.45) is 3.19. The third-order valence-corrected chi connectivity index (χ3v) is 5.52. The second-order valence-electron chi connectivity index (χ2n) is 7.39. The minimum atomic E-state index is -0.781. The normalized spacial score (nSPS) is 20.5. The van der Waals surface area contributed by atoms with Gasteiger partial charge in [0.25, 0.3) is 5.91 Å². The van der Waals surface area contributed by atoms with Crippen molar-refractivity contribution in [1.29, 1.82) is 0 Å². The Hall–Kier alpha value is -3.10. The first-order valence-corrected chi connectivity index (χ1v) is 9.93. The molecule has 2 aliphatic rings. The molecule has 1 saturated carbocycles. The number of nitrogens with one attached hydrogen (secondary N) is 1. The molecule has 0 bridgehead atoms. The molecule has 9 heteroatoms. The largest absolute Gasteiger partial charge is 0.493 e. The van der Waals surface area contributed by atoms with Crippen LogP contribution in [0.15, 0.2) is 18.2 Å². The van der Waals surface area contributed by atoms with Crippen LogP contribution in [0.2, 0.25) is 0 Å². The van der Waals surface area contributed by atoms with Gasteiger partial charge >= 0.3 is 5.97 Å². The van der Waals surface area contributed by atoms with Crippen LogP contribution >= 0.6 is 0 Å². The number of carbonyl (C=O) groups excluding carboxylic acids is 4. The topological polar surface area (TPSA) is 111 Å². The van der Waals surface area contributed by atoms with Crippen LogP contribution in [-0.4, -0.2) is 56.0 Å². The number of amides is 3. The van der Waals surface area contributed by atoms with Crippen LogP contribution in [0.5, 0.6) is 11.5 Å². The Morgan fingerprint density at radius 1 is 1.03 bits per heavy atom. The van der Waals surface area contributed by atoms with Crippen LogP contribution < -0.4 is 14.8 Å². The van der Waals surface area contributed by atoms with E-state index in [1.54, 1.807) is 18.2 Å². The number of benzene rings is 1. The van der Waals surface area contributed by atoms with E-state index in [1.807, 2.05) is 0 Å². The number of hydrogen-bond donors (Lipinski definition) is 1. The molecule has 3 rings (SSSR count). The molecular formula is C21H26N2O7. The molecule has 1 aromatic carbocycles. The smallest absolute Gasteiger partial charge is 0.326 e. The SMILES string of the molecule is COc1ccc(CNC(=O)COC(=O)CN2C(=O)[C@@H]3CCCC[C@H]3C2=O)cc1OC. The number of methoxy groups -OCH3 is 2. The molecule has 162 valence electrons. The second-order valence-corrected chi connectivity index (χ2v) is 7.39. The first kappa shape index (κ1) is 21.6. The summed E-state index contributed by atoms with van der Waals surface area (Å²) in [5.74, 6) is -1.40. The number of rotatable bonds is 8. The Morgan fingerprint density at radius 2 is 1.67 bits per heavy atom. The highest BCUT2D eigenvalue weighted by Gasteiger charge is 2.48. The highest BCUT2D eigenvalue weighted by Crippen LogP contribution is 2.37. The monoisotopic (exact) mass is 418 g/mol. The van der Waals surface area contributed by atoms with Gasteiger partial charge in [-0.25, -0.2) is 0 Å². The number of ether oxygens (including phenoxy) is 3. The van der Waals surface area contributed by atoms with Gasteiger partial charge in [-0.3, -0.25) is 24.1 Å². The number of imide groups is 1. The Bertz CT molecular complexity index is 815. The fourth-order valence-electron chi connectivity index (χ4n) is 3.95. The lowest BCUT2D eigenvalue weighted by molar-refractivity contribution is -0.154. The van der Waals surface area contributed by atoms with Crippen molar-refractivity contribution < 1.29 is 33.4 Å². The fraction of sp³-hybridized carbons (Fsp3) is 0.524. The molecule has 0 spiro atoms. The minimum Gasteiger partial charge on any atom is -0.493 e. The number of hydrogen-bond acceptors (Lipinski definition) is 7. The quantitative estimate of drug-likeness (QED) is 0.496. The summed E-state index contributed by atoms with van der Waals surface area (Å²) < 4.78 is 15.3. The summed E-state index contributed by atoms with van der Waals surface area (Å²) >= 11 is 0. The lowest BCUT2D eigenvalue weighted by atomic mass is 9.81. The average molecular weight is 418 g/mol. The Labute approximate surface area is 174 Å². The number of carbonyl (C=O) groups is 4. The van der Waals surface area contributed by atoms with E-state index in [0.29, 0.717) is 24.3 Å². The summed E-state index contributed by atoms with van der Waals surface area (Å²) in [6, 6.07) is 5.23. The van der Waals surface area contributed by atoms with E-state index in [4.69, 9.17) is 14.2 Å². The molecule has 3 amide bonds. The van der Waals surface area contributed by atoms with E-state index in [1.165, 1.54) is 14.2 Å². The molecule has 9 nitrogen and oxygen atoms in total. The van der Waals surface area contributed by atoms with Gasteiger partial charge in [-0.15, -0.1) is 0 Å². The lowest BCUT2D eigenvalue weighted by Gasteiger charge is -2.19. The Morgan fingerprint density at radius 3 is 2.27 bits per heavy atom. The highest BCUT2D eigenvalue weighted by molar-refractivity contribution is 6.07. The molecule has 1 heterocycles. The second kappa shape index (κ2) is 9.60. The van der Waals surface area contributed by atoms with E-state index >= 15 is 0 Å². The molecule has 0 radical (unpaired) electrons. The van der Waals surface area contributed by atoms with E-state index < -0.39 is 25.0 Å². The lowest BCUT2D eigenvalue weighted by Crippen LogP contribution is -2.38. The minimum absolute atomic E-state index is 0.212. The fourth-order valence-corrected chi connectivity index (χ4v) is 3.95. The van der Waals surface area contributed by atoms with Crippen molar-refractivity contribution in [3.63, 3.8) is 0 Å². The van der Waals surface area contributed by atoms with Gasteiger partial charge in [0.15, 0.2) is 18.1 Å². The summed E-state index contributed by atoms with van der Waals surface area (Å²) in [4.78, 5) is 49.8. The van der Waals surface area contributed by atoms with E-state index in [-0.39, 0.29) is 30.2 Å². The highest BCUT2D eigenvalue weighted by atomic mass is 16.5. The van der Waals surface area contributed by atoms with Gasteiger partial charge in [-0.2, -0.15) is 0 Å². The van der Waals surface area contributed by atoms with Gasteiger partial charge in [-0.1, -0.05) is 18.9 Å². The summed E-state index contributed by atoms with van der Waals surface area (Å²) in [5.41, 5.74) is 0.781. The van der Waals surface area contributed by atoms with Gasteiger partial charge in [-0.05, 0) is 30.5 Å². The van der Waals surface area contributed by atoms with Crippen LogP contribution in [-0.2, 0) is 30.5 Å². The third kappa shape index (κ3) is 4.72. The Balaban J connectivity index is 1.44. The molecule has 1 aromatic rings. The van der Waals surface area contributed by atoms with Crippen LogP contribution in [0.1, 0.15) is 31.2 Å². The van der Waals surface area contributed by atoms with Crippen molar-refractivity contribution in [3.8, 4) is 11.5 Å². The zero-order chi connectivity index (χ0) is 21.7. The standard InChI is InChI=1S/C21H26N2O7/c1-28-16-8-7-13(9-17(16)29-2)10-22-18(24)12-30-19(25)11-23-20(26)14-5-3-4-6-15(14)21(23)27/h7-9,14-15H,3-6,10-12H2,1-2H3,(H,22,24)/t14-,15-/m1/s1. The molecule has 1 aliphatic heterocycles. The molecule has 2 atom stereocenters. The Kier molecular flexibility index (Phi) is 6.91. The summed E-state index contributed by atoms with van der Waals surface area (Å²) in [7, 11) is 3.05. The van der Waals surface area contributed by atoms with Crippen LogP contribution in [0.25, 0.3) is 0 Å². The molecule has 1 saturated heterocycles. The number of esters is 1. The maximum absolute atomic E-state index is 12.4. The maximum Gasteiger partial charge on any atom is 0.326 e. The van der Waals surface area contributed by atoms with Crippen molar-refractivity contribution in [1.82, 2.24) is 10.2 Å². The van der Waals surface area contributed by atoms with Crippen molar-refractivity contribution >= 4 is 23.7 Å². The van der Waals surface area contributed by atoms with Gasteiger partial charge in [0, 0.05) is 6.54 Å². The molecular weight excluding hydrogens is 392 g/mol. The zero-order valence-electron chi connectivity index (χ0n) is 17.1. The maximum atomic E-state index is 12.4. The average Bonchev–Trinajstić information content (AvgIpc) is 3.01. The number of nitrogens with zero attached hydrogens (tertiary/aromatic N) is 1. The third-order valence-electron chi connectivity index (χ3n) is 5.52. The van der Waals surface area contributed by atoms with Crippen molar-refractivity contribution in [2.24, 2.45) is 11.8 Å². The van der Waals surface area contributed by atoms with Crippen molar-refractivity contribution in [2.75, 3.05) is 27.4 Å². The van der Waals surface area contributed by atoms with Gasteiger partial charge in [0.2, 0.25) is 11.8 Å². The van der Waals surface area contributed by atoms with E-state index in [0.717, 1.165) is 23.3 Å². The first-order chi connectivity index (χ1) is 14.4. The molecule has 0 aromatic heterocycles. The van der Waals surface area contributed by atoms with Crippen LogP contribution in [0.4, 0.5) is 0 Å². The van der Waals surface area contributed by atoms with Gasteiger partial charge in [0.05, 0.1) is 26.1 Å². The number of fused-ring (bicyclic) bond motifs is 1. The predicted octanol–water partition coefficient (Wildman–Crippen LogP) is 1.04. The van der Waals surface area contributed by atoms with Gasteiger partial charge in [0.1, 0.15) is 6.54 Å². The van der Waals surface area contributed by atoms with Crippen molar-refractivity contribution in [3.05, 3.63) is 23.8 Å². The van der Waals surface area contributed by atoms with E-state index in [2.05, 4.69) is 5.32 Å². The summed E-state index contributed by atoms with van der Waals surface area (Å²) in [5, 5.41) is 2.63. The zero-order valence-corrected chi connectivity index (χ0v) is 17.1. The molecule has 1 aliphatic carbocycles. The predicted molar refractivity (Wildman–Crippen MR) is 105 cm³/mol. The summed E-state index contributed by atoms with van der Waals surface area (Å²) in [6.45, 7) is -0.730. The van der Waals surface area contributed by atoms with Crippen LogP contribution in [0.3, 0.4) is 0 Å². The van der Waals surface area contributed by atoms with Crippen LogP contribution in [0, 0.1) is 11.8 Å².